The van der Waals surface area contributed by atoms with Gasteiger partial charge >= 0.3 is 5.69 Å². The van der Waals surface area contributed by atoms with Gasteiger partial charge in [0.05, 0.1) is 23.8 Å². The zero-order valence-corrected chi connectivity index (χ0v) is 12.7. The number of aromatic nitrogens is 2. The fraction of sp³-hybridized carbons (Fsp3) is 0.0833. The second-order valence-electron chi connectivity index (χ2n) is 4.38. The number of rotatable bonds is 4. The third-order valence-corrected chi connectivity index (χ3v) is 3.75. The zero-order chi connectivity index (χ0) is 17.2. The van der Waals surface area contributed by atoms with E-state index in [9.17, 15) is 18.0 Å². The minimum atomic E-state index is -3.93. The molecule has 23 heavy (non-hydrogen) atoms. The molecule has 11 heteroatoms. The van der Waals surface area contributed by atoms with Gasteiger partial charge in [-0.3, -0.25) is 9.78 Å². The van der Waals surface area contributed by atoms with E-state index in [1.54, 1.807) is 0 Å². The zero-order valence-electron chi connectivity index (χ0n) is 11.9. The molecule has 0 saturated heterocycles. The van der Waals surface area contributed by atoms with Crippen molar-refractivity contribution < 1.29 is 17.9 Å². The molecule has 10 nitrogen and oxygen atoms in total. The minimum absolute atomic E-state index is 0.00461. The van der Waals surface area contributed by atoms with Crippen molar-refractivity contribution in [1.29, 1.82) is 0 Å². The number of anilines is 2. The van der Waals surface area contributed by atoms with Gasteiger partial charge in [-0.25, -0.2) is 18.4 Å². The number of nitrogen functional groups attached to an aromatic ring is 1. The van der Waals surface area contributed by atoms with Crippen molar-refractivity contribution in [2.24, 2.45) is 5.14 Å². The number of H-pyrrole nitrogens is 1. The largest absolute Gasteiger partial charge is 0.496 e. The molecule has 1 amide bonds. The molecular formula is C12H13N5O5S. The van der Waals surface area contributed by atoms with Crippen LogP contribution in [0.25, 0.3) is 0 Å². The SMILES string of the molecule is COc1cc(S(N)(=O)=O)ccc1C(=O)Nc1cnc(=O)[nH]c1N. The number of amides is 1. The van der Waals surface area contributed by atoms with Gasteiger partial charge < -0.3 is 15.8 Å². The number of primary sulfonamides is 1. The first kappa shape index (κ1) is 16.5. The maximum atomic E-state index is 12.2. The summed E-state index contributed by atoms with van der Waals surface area (Å²) < 4.78 is 27.6. The van der Waals surface area contributed by atoms with E-state index in [2.05, 4.69) is 15.3 Å². The van der Waals surface area contributed by atoms with E-state index in [4.69, 9.17) is 15.6 Å². The third kappa shape index (κ3) is 3.64. The number of nitrogens with two attached hydrogens (primary N) is 2. The summed E-state index contributed by atoms with van der Waals surface area (Å²) in [5.74, 6) is -0.702. The van der Waals surface area contributed by atoms with E-state index < -0.39 is 21.6 Å². The fourth-order valence-corrected chi connectivity index (χ4v) is 2.26. The highest BCUT2D eigenvalue weighted by Gasteiger charge is 2.17. The van der Waals surface area contributed by atoms with Gasteiger partial charge in [0.2, 0.25) is 10.0 Å². The Hall–Kier alpha value is -2.92. The highest BCUT2D eigenvalue weighted by Crippen LogP contribution is 2.24. The number of ether oxygens (including phenoxy) is 1. The smallest absolute Gasteiger partial charge is 0.346 e. The fourth-order valence-electron chi connectivity index (χ4n) is 1.73. The first-order chi connectivity index (χ1) is 10.7. The van der Waals surface area contributed by atoms with Crippen LogP contribution in [-0.2, 0) is 10.0 Å². The van der Waals surface area contributed by atoms with Crippen LogP contribution in [0.4, 0.5) is 11.5 Å². The van der Waals surface area contributed by atoms with Crippen LogP contribution in [-0.4, -0.2) is 31.4 Å². The molecule has 0 radical (unpaired) electrons. The lowest BCUT2D eigenvalue weighted by atomic mass is 10.2. The summed E-state index contributed by atoms with van der Waals surface area (Å²) in [5, 5.41) is 7.45. The second-order valence-corrected chi connectivity index (χ2v) is 5.94. The van der Waals surface area contributed by atoms with Gasteiger partial charge in [-0.15, -0.1) is 0 Å². The van der Waals surface area contributed by atoms with E-state index in [1.165, 1.54) is 19.2 Å². The number of hydrogen-bond acceptors (Lipinski definition) is 7. The standard InChI is InChI=1S/C12H13N5O5S/c1-22-9-4-6(23(14,20)21)2-3-7(9)11(18)16-8-5-15-12(19)17-10(8)13/h2-5H,1H3,(H,16,18)(H2,14,20,21)(H3,13,15,17,19). The molecule has 1 heterocycles. The molecule has 0 aliphatic heterocycles. The Morgan fingerprint density at radius 1 is 1.39 bits per heavy atom. The molecule has 2 rings (SSSR count). The summed E-state index contributed by atoms with van der Waals surface area (Å²) in [6, 6.07) is 3.53. The average Bonchev–Trinajstić information content (AvgIpc) is 2.48. The van der Waals surface area contributed by atoms with Crippen molar-refractivity contribution >= 4 is 27.4 Å². The molecule has 0 bridgehead atoms. The van der Waals surface area contributed by atoms with Crippen LogP contribution in [0.2, 0.25) is 0 Å². The van der Waals surface area contributed by atoms with Crippen molar-refractivity contribution in [3.05, 3.63) is 40.4 Å². The van der Waals surface area contributed by atoms with E-state index in [0.717, 1.165) is 12.3 Å². The summed E-state index contributed by atoms with van der Waals surface area (Å²) in [6.45, 7) is 0. The lowest BCUT2D eigenvalue weighted by molar-refractivity contribution is 0.102. The molecular weight excluding hydrogens is 326 g/mol. The van der Waals surface area contributed by atoms with Gasteiger partial charge in [-0.2, -0.15) is 4.98 Å². The number of carbonyl (C=O) groups excluding carboxylic acids is 1. The van der Waals surface area contributed by atoms with Gasteiger partial charge in [-0.05, 0) is 12.1 Å². The lowest BCUT2D eigenvalue weighted by Gasteiger charge is -2.11. The van der Waals surface area contributed by atoms with Gasteiger partial charge in [-0.1, -0.05) is 0 Å². The highest BCUT2D eigenvalue weighted by atomic mass is 32.2. The summed E-state index contributed by atoms with van der Waals surface area (Å²) in [7, 11) is -2.66. The normalized spacial score (nSPS) is 11.0. The summed E-state index contributed by atoms with van der Waals surface area (Å²) in [5.41, 5.74) is 5.04. The Balaban J connectivity index is 2.37. The Labute approximate surface area is 130 Å². The van der Waals surface area contributed by atoms with Crippen LogP contribution in [0.3, 0.4) is 0 Å². The molecule has 0 atom stereocenters. The lowest BCUT2D eigenvalue weighted by Crippen LogP contribution is -2.19. The summed E-state index contributed by atoms with van der Waals surface area (Å²) in [4.78, 5) is 28.7. The van der Waals surface area contributed by atoms with Crippen molar-refractivity contribution in [3.8, 4) is 5.75 Å². The van der Waals surface area contributed by atoms with Gasteiger partial charge in [0.25, 0.3) is 5.91 Å². The topological polar surface area (TPSA) is 170 Å². The quantitative estimate of drug-likeness (QED) is 0.568. The van der Waals surface area contributed by atoms with Crippen molar-refractivity contribution in [3.63, 3.8) is 0 Å². The maximum Gasteiger partial charge on any atom is 0.346 e. The van der Waals surface area contributed by atoms with Crippen LogP contribution in [0, 0.1) is 0 Å². The van der Waals surface area contributed by atoms with E-state index in [0.29, 0.717) is 0 Å². The second kappa shape index (κ2) is 6.06. The molecule has 0 aliphatic carbocycles. The minimum Gasteiger partial charge on any atom is -0.496 e. The molecule has 0 aliphatic rings. The predicted octanol–water partition coefficient (Wildman–Crippen LogP) is -0.740. The van der Waals surface area contributed by atoms with Crippen molar-refractivity contribution in [1.82, 2.24) is 9.97 Å². The molecule has 0 spiro atoms. The number of carbonyl (C=O) groups is 1. The van der Waals surface area contributed by atoms with E-state index in [-0.39, 0.29) is 27.7 Å². The molecule has 0 fully saturated rings. The molecule has 2 aromatic rings. The van der Waals surface area contributed by atoms with Gasteiger partial charge in [0.1, 0.15) is 17.3 Å². The summed E-state index contributed by atoms with van der Waals surface area (Å²) >= 11 is 0. The highest BCUT2D eigenvalue weighted by molar-refractivity contribution is 7.89. The third-order valence-electron chi connectivity index (χ3n) is 2.84. The Morgan fingerprint density at radius 2 is 2.09 bits per heavy atom. The van der Waals surface area contributed by atoms with Crippen LogP contribution in [0.5, 0.6) is 5.75 Å². The van der Waals surface area contributed by atoms with Crippen LogP contribution < -0.4 is 26.6 Å². The van der Waals surface area contributed by atoms with Gasteiger partial charge in [0.15, 0.2) is 0 Å². The molecule has 1 aromatic carbocycles. The number of hydrogen-bond donors (Lipinski definition) is 4. The van der Waals surface area contributed by atoms with Gasteiger partial charge in [0, 0.05) is 6.07 Å². The van der Waals surface area contributed by atoms with Crippen LogP contribution in [0.1, 0.15) is 10.4 Å². The maximum absolute atomic E-state index is 12.2. The predicted molar refractivity (Wildman–Crippen MR) is 81.6 cm³/mol. The summed E-state index contributed by atoms with van der Waals surface area (Å²) in [6.07, 6.45) is 1.09. The van der Waals surface area contributed by atoms with E-state index >= 15 is 0 Å². The molecule has 122 valence electrons. The number of nitrogens with zero attached hydrogens (tertiary/aromatic N) is 1. The first-order valence-corrected chi connectivity index (χ1v) is 7.64. The van der Waals surface area contributed by atoms with Crippen molar-refractivity contribution in [2.45, 2.75) is 4.90 Å². The average molecular weight is 339 g/mol. The molecule has 0 saturated carbocycles. The Kier molecular flexibility index (Phi) is 4.33. The number of methoxy groups -OCH3 is 1. The monoisotopic (exact) mass is 339 g/mol. The molecule has 0 unspecified atom stereocenters. The number of sulfonamides is 1. The molecule has 6 N–H and O–H groups in total. The van der Waals surface area contributed by atoms with E-state index in [1.807, 2.05) is 0 Å². The van der Waals surface area contributed by atoms with Crippen molar-refractivity contribution in [2.75, 3.05) is 18.2 Å². The molecule has 1 aromatic heterocycles. The number of aromatic amines is 1. The Bertz CT molecular complexity index is 922. The Morgan fingerprint density at radius 3 is 2.65 bits per heavy atom. The first-order valence-electron chi connectivity index (χ1n) is 6.09. The number of nitrogens with one attached hydrogen (secondary N) is 2. The number of benzene rings is 1. The van der Waals surface area contributed by atoms with Crippen LogP contribution >= 0.6 is 0 Å². The van der Waals surface area contributed by atoms with Crippen LogP contribution in [0.15, 0.2) is 34.1 Å².